The minimum Gasteiger partial charge on any atom is -0.292 e. The van der Waals surface area contributed by atoms with E-state index < -0.39 is 0 Å². The Morgan fingerprint density at radius 2 is 1.70 bits per heavy atom. The quantitative estimate of drug-likeness (QED) is 0.734. The highest BCUT2D eigenvalue weighted by Gasteiger charge is 2.22. The van der Waals surface area contributed by atoms with Crippen LogP contribution < -0.4 is 0 Å². The molecule has 0 radical (unpaired) electrons. The van der Waals surface area contributed by atoms with Crippen molar-refractivity contribution in [2.45, 2.75) is 45.2 Å². The number of hydrazone groups is 1. The largest absolute Gasteiger partial charge is 0.292 e. The van der Waals surface area contributed by atoms with Crippen LogP contribution in [0.5, 0.6) is 0 Å². The van der Waals surface area contributed by atoms with Crippen molar-refractivity contribution < 1.29 is 0 Å². The molecule has 0 aliphatic carbocycles. The third-order valence-corrected chi connectivity index (χ3v) is 4.30. The number of rotatable bonds is 2. The van der Waals surface area contributed by atoms with Gasteiger partial charge in [0.2, 0.25) is 0 Å². The lowest BCUT2D eigenvalue weighted by molar-refractivity contribution is 0.109. The van der Waals surface area contributed by atoms with Crippen molar-refractivity contribution in [2.75, 3.05) is 0 Å². The lowest BCUT2D eigenvalue weighted by Gasteiger charge is -2.36. The summed E-state index contributed by atoms with van der Waals surface area (Å²) in [5, 5.41) is 9.59. The maximum atomic E-state index is 4.77. The topological polar surface area (TPSA) is 15.6 Å². The summed E-state index contributed by atoms with van der Waals surface area (Å²) in [6, 6.07) is 16.0. The van der Waals surface area contributed by atoms with E-state index in [-0.39, 0.29) is 0 Å². The van der Waals surface area contributed by atoms with Crippen LogP contribution in [-0.4, -0.2) is 23.3 Å². The Bertz CT molecular complexity index is 602. The van der Waals surface area contributed by atoms with E-state index in [1.165, 1.54) is 35.6 Å². The van der Waals surface area contributed by atoms with Crippen LogP contribution in [0.15, 0.2) is 47.6 Å². The molecule has 0 bridgehead atoms. The Balaban J connectivity index is 1.90. The SMILES string of the molecule is CC1CCCC(C)N1N=Cc1cccc2ccccc12. The maximum Gasteiger partial charge on any atom is 0.0549 e. The first-order valence-electron chi connectivity index (χ1n) is 7.56. The first kappa shape index (κ1) is 13.2. The molecule has 1 aliphatic rings. The van der Waals surface area contributed by atoms with Gasteiger partial charge < -0.3 is 0 Å². The molecule has 2 aromatic carbocycles. The Morgan fingerprint density at radius 3 is 2.50 bits per heavy atom. The van der Waals surface area contributed by atoms with Crippen molar-refractivity contribution in [3.8, 4) is 0 Å². The van der Waals surface area contributed by atoms with Gasteiger partial charge in [-0.05, 0) is 43.9 Å². The number of fused-ring (bicyclic) bond motifs is 1. The summed E-state index contributed by atoms with van der Waals surface area (Å²) in [4.78, 5) is 0. The molecule has 0 N–H and O–H groups in total. The van der Waals surface area contributed by atoms with Crippen LogP contribution in [0.1, 0.15) is 38.7 Å². The van der Waals surface area contributed by atoms with Gasteiger partial charge in [-0.2, -0.15) is 5.10 Å². The minimum atomic E-state index is 0.546. The smallest absolute Gasteiger partial charge is 0.0549 e. The van der Waals surface area contributed by atoms with E-state index in [4.69, 9.17) is 5.10 Å². The molecule has 20 heavy (non-hydrogen) atoms. The molecule has 2 heteroatoms. The van der Waals surface area contributed by atoms with Crippen LogP contribution in [0.4, 0.5) is 0 Å². The van der Waals surface area contributed by atoms with Crippen molar-refractivity contribution in [1.82, 2.24) is 5.01 Å². The normalized spacial score (nSPS) is 23.6. The summed E-state index contributed by atoms with van der Waals surface area (Å²) in [5.74, 6) is 0. The fourth-order valence-electron chi connectivity index (χ4n) is 3.13. The second-order valence-electron chi connectivity index (χ2n) is 5.82. The second kappa shape index (κ2) is 5.66. The summed E-state index contributed by atoms with van der Waals surface area (Å²) in [5.41, 5.74) is 1.20. The van der Waals surface area contributed by atoms with Crippen LogP contribution in [0.25, 0.3) is 10.8 Å². The fourth-order valence-corrected chi connectivity index (χ4v) is 3.13. The molecule has 1 fully saturated rings. The lowest BCUT2D eigenvalue weighted by atomic mass is 10.00. The number of piperidine rings is 1. The van der Waals surface area contributed by atoms with Crippen molar-refractivity contribution in [3.63, 3.8) is 0 Å². The van der Waals surface area contributed by atoms with Crippen LogP contribution >= 0.6 is 0 Å². The molecular formula is C18H22N2. The monoisotopic (exact) mass is 266 g/mol. The zero-order chi connectivity index (χ0) is 13.9. The van der Waals surface area contributed by atoms with E-state index in [0.29, 0.717) is 12.1 Å². The number of hydrogen-bond acceptors (Lipinski definition) is 2. The molecule has 104 valence electrons. The summed E-state index contributed by atoms with van der Waals surface area (Å²) in [7, 11) is 0. The molecule has 0 saturated carbocycles. The zero-order valence-electron chi connectivity index (χ0n) is 12.3. The predicted molar refractivity (Wildman–Crippen MR) is 86.2 cm³/mol. The summed E-state index contributed by atoms with van der Waals surface area (Å²) in [6.45, 7) is 4.55. The Labute approximate surface area is 121 Å². The Morgan fingerprint density at radius 1 is 1.00 bits per heavy atom. The molecule has 0 aromatic heterocycles. The molecule has 1 aliphatic heterocycles. The van der Waals surface area contributed by atoms with Gasteiger partial charge in [0, 0.05) is 17.6 Å². The van der Waals surface area contributed by atoms with Crippen molar-refractivity contribution in [2.24, 2.45) is 5.10 Å². The van der Waals surface area contributed by atoms with Crippen molar-refractivity contribution >= 4 is 17.0 Å². The van der Waals surface area contributed by atoms with Crippen LogP contribution in [0.2, 0.25) is 0 Å². The molecular weight excluding hydrogens is 244 g/mol. The van der Waals surface area contributed by atoms with Gasteiger partial charge in [0.1, 0.15) is 0 Å². The number of nitrogens with zero attached hydrogens (tertiary/aromatic N) is 2. The lowest BCUT2D eigenvalue weighted by Crippen LogP contribution is -2.39. The average Bonchev–Trinajstić information content (AvgIpc) is 2.47. The minimum absolute atomic E-state index is 0.546. The summed E-state index contributed by atoms with van der Waals surface area (Å²) in [6.07, 6.45) is 5.84. The highest BCUT2D eigenvalue weighted by atomic mass is 15.5. The molecule has 2 aromatic rings. The maximum absolute atomic E-state index is 4.77. The molecule has 3 rings (SSSR count). The fraction of sp³-hybridized carbons (Fsp3) is 0.389. The van der Waals surface area contributed by atoms with Gasteiger partial charge in [0.25, 0.3) is 0 Å². The van der Waals surface area contributed by atoms with Crippen LogP contribution in [0.3, 0.4) is 0 Å². The molecule has 2 nitrogen and oxygen atoms in total. The summed E-state index contributed by atoms with van der Waals surface area (Å²) < 4.78 is 0. The van der Waals surface area contributed by atoms with Gasteiger partial charge in [0.15, 0.2) is 0 Å². The van der Waals surface area contributed by atoms with E-state index in [1.54, 1.807) is 0 Å². The van der Waals surface area contributed by atoms with E-state index in [9.17, 15) is 0 Å². The number of hydrogen-bond donors (Lipinski definition) is 0. The van der Waals surface area contributed by atoms with Gasteiger partial charge in [0.05, 0.1) is 6.21 Å². The van der Waals surface area contributed by atoms with Crippen molar-refractivity contribution in [1.29, 1.82) is 0 Å². The van der Waals surface area contributed by atoms with Crippen molar-refractivity contribution in [3.05, 3.63) is 48.0 Å². The van der Waals surface area contributed by atoms with Gasteiger partial charge in [-0.25, -0.2) is 0 Å². The molecule has 1 heterocycles. The van der Waals surface area contributed by atoms with Crippen LogP contribution in [-0.2, 0) is 0 Å². The first-order chi connectivity index (χ1) is 9.75. The van der Waals surface area contributed by atoms with E-state index in [0.717, 1.165) is 0 Å². The van der Waals surface area contributed by atoms with Crippen LogP contribution in [0, 0.1) is 0 Å². The van der Waals surface area contributed by atoms with Gasteiger partial charge >= 0.3 is 0 Å². The van der Waals surface area contributed by atoms with E-state index in [1.807, 2.05) is 6.21 Å². The Kier molecular flexibility index (Phi) is 3.72. The Hall–Kier alpha value is -1.83. The second-order valence-corrected chi connectivity index (χ2v) is 5.82. The molecule has 2 unspecified atom stereocenters. The third kappa shape index (κ3) is 2.55. The molecule has 1 saturated heterocycles. The van der Waals surface area contributed by atoms with Gasteiger partial charge in [-0.15, -0.1) is 0 Å². The van der Waals surface area contributed by atoms with Gasteiger partial charge in [-0.1, -0.05) is 42.5 Å². The predicted octanol–water partition coefficient (Wildman–Crippen LogP) is 4.44. The first-order valence-corrected chi connectivity index (χ1v) is 7.56. The van der Waals surface area contributed by atoms with E-state index >= 15 is 0 Å². The molecule has 0 amide bonds. The highest BCUT2D eigenvalue weighted by Crippen LogP contribution is 2.23. The third-order valence-electron chi connectivity index (χ3n) is 4.30. The average molecular weight is 266 g/mol. The summed E-state index contributed by atoms with van der Waals surface area (Å²) >= 11 is 0. The highest BCUT2D eigenvalue weighted by molar-refractivity contribution is 5.99. The molecule has 0 spiro atoms. The standard InChI is InChI=1S/C18H22N2/c1-14-7-5-8-15(2)20(14)19-13-17-11-6-10-16-9-3-4-12-18(16)17/h3-4,6,9-15H,5,7-8H2,1-2H3. The zero-order valence-corrected chi connectivity index (χ0v) is 12.3. The number of benzene rings is 2. The van der Waals surface area contributed by atoms with E-state index in [2.05, 4.69) is 61.3 Å². The molecule has 2 atom stereocenters. The van der Waals surface area contributed by atoms with Gasteiger partial charge in [-0.3, -0.25) is 5.01 Å².